The summed E-state index contributed by atoms with van der Waals surface area (Å²) in [7, 11) is 0. The number of aromatic nitrogens is 2. The van der Waals surface area contributed by atoms with Gasteiger partial charge in [-0.1, -0.05) is 12.1 Å². The number of benzene rings is 1. The highest BCUT2D eigenvalue weighted by atomic mass is 16.5. The van der Waals surface area contributed by atoms with Gasteiger partial charge in [0.1, 0.15) is 11.6 Å². The Labute approximate surface area is 94.1 Å². The maximum absolute atomic E-state index is 5.61. The molecular formula is C12H13N3O. The molecule has 1 aromatic carbocycles. The predicted molar refractivity (Wildman–Crippen MR) is 63.0 cm³/mol. The molecule has 0 unspecified atom stereocenters. The molecule has 0 saturated carbocycles. The summed E-state index contributed by atoms with van der Waals surface area (Å²) in [6, 6.07) is 7.70. The highest BCUT2D eigenvalue weighted by molar-refractivity contribution is 5.67. The van der Waals surface area contributed by atoms with Crippen molar-refractivity contribution in [2.75, 3.05) is 12.3 Å². The third-order valence-electron chi connectivity index (χ3n) is 2.12. The van der Waals surface area contributed by atoms with E-state index in [4.69, 9.17) is 10.5 Å². The number of rotatable bonds is 3. The Kier molecular flexibility index (Phi) is 3.00. The Morgan fingerprint density at radius 3 is 2.81 bits per heavy atom. The van der Waals surface area contributed by atoms with E-state index in [1.807, 2.05) is 31.2 Å². The topological polar surface area (TPSA) is 61.0 Å². The molecule has 0 aliphatic rings. The monoisotopic (exact) mass is 215 g/mol. The van der Waals surface area contributed by atoms with Crippen molar-refractivity contribution in [1.29, 1.82) is 0 Å². The minimum absolute atomic E-state index is 0.406. The fourth-order valence-electron chi connectivity index (χ4n) is 1.47. The van der Waals surface area contributed by atoms with Crippen molar-refractivity contribution in [3.63, 3.8) is 0 Å². The molecule has 4 nitrogen and oxygen atoms in total. The van der Waals surface area contributed by atoms with E-state index in [2.05, 4.69) is 9.97 Å². The average molecular weight is 215 g/mol. The number of hydrogen-bond donors (Lipinski definition) is 1. The second-order valence-electron chi connectivity index (χ2n) is 3.26. The summed E-state index contributed by atoms with van der Waals surface area (Å²) in [5.74, 6) is 1.20. The Bertz CT molecular complexity index is 485. The van der Waals surface area contributed by atoms with Gasteiger partial charge in [0, 0.05) is 5.56 Å². The van der Waals surface area contributed by atoms with E-state index in [9.17, 15) is 0 Å². The number of nitrogens with two attached hydrogens (primary N) is 1. The van der Waals surface area contributed by atoms with Crippen LogP contribution >= 0.6 is 0 Å². The fraction of sp³-hybridized carbons (Fsp3) is 0.167. The highest BCUT2D eigenvalue weighted by Gasteiger charge is 2.06. The second kappa shape index (κ2) is 4.61. The summed E-state index contributed by atoms with van der Waals surface area (Å²) in [4.78, 5) is 8.24. The molecule has 1 heterocycles. The van der Waals surface area contributed by atoms with Crippen LogP contribution in [0.2, 0.25) is 0 Å². The Balaban J connectivity index is 2.46. The molecule has 0 aliphatic carbocycles. The molecule has 2 aromatic rings. The predicted octanol–water partition coefficient (Wildman–Crippen LogP) is 2.12. The van der Waals surface area contributed by atoms with Crippen molar-refractivity contribution in [2.45, 2.75) is 6.92 Å². The summed E-state index contributed by atoms with van der Waals surface area (Å²) >= 11 is 0. The SMILES string of the molecule is CCOc1ccccc1-c1cncc(N)n1. The quantitative estimate of drug-likeness (QED) is 0.851. The van der Waals surface area contributed by atoms with Crippen LogP contribution in [0.4, 0.5) is 5.82 Å². The number of nitrogen functional groups attached to an aromatic ring is 1. The zero-order chi connectivity index (χ0) is 11.4. The van der Waals surface area contributed by atoms with Crippen LogP contribution in [0.5, 0.6) is 5.75 Å². The number of ether oxygens (including phenoxy) is 1. The summed E-state index contributed by atoms with van der Waals surface area (Å²) in [6.07, 6.45) is 3.20. The lowest BCUT2D eigenvalue weighted by molar-refractivity contribution is 0.341. The highest BCUT2D eigenvalue weighted by Crippen LogP contribution is 2.28. The minimum atomic E-state index is 0.406. The van der Waals surface area contributed by atoms with Crippen molar-refractivity contribution in [1.82, 2.24) is 9.97 Å². The maximum Gasteiger partial charge on any atom is 0.142 e. The maximum atomic E-state index is 5.61. The molecule has 0 saturated heterocycles. The molecule has 1 aromatic heterocycles. The molecule has 0 bridgehead atoms. The molecule has 0 spiro atoms. The van der Waals surface area contributed by atoms with Crippen molar-refractivity contribution >= 4 is 5.82 Å². The van der Waals surface area contributed by atoms with Crippen LogP contribution in [0.3, 0.4) is 0 Å². The molecular weight excluding hydrogens is 202 g/mol. The Hall–Kier alpha value is -2.10. The molecule has 0 radical (unpaired) electrons. The van der Waals surface area contributed by atoms with Gasteiger partial charge in [0.25, 0.3) is 0 Å². The van der Waals surface area contributed by atoms with Crippen LogP contribution in [0, 0.1) is 0 Å². The lowest BCUT2D eigenvalue weighted by atomic mass is 10.1. The third-order valence-corrected chi connectivity index (χ3v) is 2.12. The second-order valence-corrected chi connectivity index (χ2v) is 3.26. The Morgan fingerprint density at radius 1 is 1.25 bits per heavy atom. The van der Waals surface area contributed by atoms with Crippen LogP contribution in [-0.4, -0.2) is 16.6 Å². The third kappa shape index (κ3) is 2.11. The van der Waals surface area contributed by atoms with E-state index >= 15 is 0 Å². The molecule has 4 heteroatoms. The first kappa shape index (κ1) is 10.4. The van der Waals surface area contributed by atoms with E-state index in [-0.39, 0.29) is 0 Å². The first-order chi connectivity index (χ1) is 7.81. The molecule has 0 atom stereocenters. The zero-order valence-electron chi connectivity index (χ0n) is 9.05. The molecule has 2 N–H and O–H groups in total. The van der Waals surface area contributed by atoms with Crippen molar-refractivity contribution < 1.29 is 4.74 Å². The molecule has 16 heavy (non-hydrogen) atoms. The van der Waals surface area contributed by atoms with E-state index in [1.165, 1.54) is 6.20 Å². The number of nitrogens with zero attached hydrogens (tertiary/aromatic N) is 2. The zero-order valence-corrected chi connectivity index (χ0v) is 9.05. The van der Waals surface area contributed by atoms with E-state index in [0.29, 0.717) is 12.4 Å². The van der Waals surface area contributed by atoms with Crippen LogP contribution < -0.4 is 10.5 Å². The van der Waals surface area contributed by atoms with E-state index in [1.54, 1.807) is 6.20 Å². The molecule has 2 rings (SSSR count). The number of hydrogen-bond acceptors (Lipinski definition) is 4. The first-order valence-electron chi connectivity index (χ1n) is 5.11. The molecule has 0 amide bonds. The van der Waals surface area contributed by atoms with Crippen molar-refractivity contribution in [2.24, 2.45) is 0 Å². The lowest BCUT2D eigenvalue weighted by Crippen LogP contribution is -1.97. The van der Waals surface area contributed by atoms with Crippen LogP contribution in [0.15, 0.2) is 36.7 Å². The van der Waals surface area contributed by atoms with Crippen LogP contribution in [0.25, 0.3) is 11.3 Å². The van der Waals surface area contributed by atoms with E-state index < -0.39 is 0 Å². The smallest absolute Gasteiger partial charge is 0.142 e. The van der Waals surface area contributed by atoms with Crippen LogP contribution in [-0.2, 0) is 0 Å². The van der Waals surface area contributed by atoms with Gasteiger partial charge < -0.3 is 10.5 Å². The first-order valence-corrected chi connectivity index (χ1v) is 5.11. The van der Waals surface area contributed by atoms with Gasteiger partial charge in [-0.25, -0.2) is 4.98 Å². The minimum Gasteiger partial charge on any atom is -0.493 e. The van der Waals surface area contributed by atoms with Gasteiger partial charge in [0.15, 0.2) is 0 Å². The van der Waals surface area contributed by atoms with Gasteiger partial charge in [-0.05, 0) is 19.1 Å². The fourth-order valence-corrected chi connectivity index (χ4v) is 1.47. The number of anilines is 1. The summed E-state index contributed by atoms with van der Waals surface area (Å²) in [5, 5.41) is 0. The van der Waals surface area contributed by atoms with Crippen molar-refractivity contribution in [3.8, 4) is 17.0 Å². The van der Waals surface area contributed by atoms with Gasteiger partial charge in [-0.2, -0.15) is 0 Å². The average Bonchev–Trinajstić information content (AvgIpc) is 2.30. The van der Waals surface area contributed by atoms with Gasteiger partial charge in [0.2, 0.25) is 0 Å². The molecule has 0 fully saturated rings. The Morgan fingerprint density at radius 2 is 2.06 bits per heavy atom. The standard InChI is InChI=1S/C12H13N3O/c1-2-16-11-6-4-3-5-9(11)10-7-14-8-12(13)15-10/h3-8H,2H2,1H3,(H2,13,15). The van der Waals surface area contributed by atoms with Gasteiger partial charge >= 0.3 is 0 Å². The summed E-state index contributed by atoms with van der Waals surface area (Å²) in [6.45, 7) is 2.56. The summed E-state index contributed by atoms with van der Waals surface area (Å²) in [5.41, 5.74) is 7.24. The van der Waals surface area contributed by atoms with Gasteiger partial charge in [-0.3, -0.25) is 4.98 Å². The normalized spacial score (nSPS) is 10.1. The number of para-hydroxylation sites is 1. The van der Waals surface area contributed by atoms with E-state index in [0.717, 1.165) is 17.0 Å². The van der Waals surface area contributed by atoms with Crippen molar-refractivity contribution in [3.05, 3.63) is 36.7 Å². The van der Waals surface area contributed by atoms with Gasteiger partial charge in [-0.15, -0.1) is 0 Å². The molecule has 0 aliphatic heterocycles. The molecule has 82 valence electrons. The van der Waals surface area contributed by atoms with Gasteiger partial charge in [0.05, 0.1) is 24.7 Å². The largest absolute Gasteiger partial charge is 0.493 e. The summed E-state index contributed by atoms with van der Waals surface area (Å²) < 4.78 is 5.52. The van der Waals surface area contributed by atoms with Crippen LogP contribution in [0.1, 0.15) is 6.92 Å². The lowest BCUT2D eigenvalue weighted by Gasteiger charge is -2.09.